The highest BCUT2D eigenvalue weighted by atomic mass is 19.1. The lowest BCUT2D eigenvalue weighted by atomic mass is 10.0. The molecule has 3 aromatic rings. The van der Waals surface area contributed by atoms with Crippen molar-refractivity contribution in [1.29, 1.82) is 0 Å². The van der Waals surface area contributed by atoms with Crippen molar-refractivity contribution in [2.24, 2.45) is 4.99 Å². The van der Waals surface area contributed by atoms with E-state index in [-0.39, 0.29) is 5.82 Å². The van der Waals surface area contributed by atoms with Crippen LogP contribution in [0.25, 0.3) is 10.9 Å². The van der Waals surface area contributed by atoms with Gasteiger partial charge >= 0.3 is 0 Å². The Labute approximate surface area is 134 Å². The first kappa shape index (κ1) is 13.9. The first-order valence-electron chi connectivity index (χ1n) is 7.55. The zero-order chi connectivity index (χ0) is 16.0. The molecule has 1 aliphatic rings. The molecular weight excluding hydrogens is 289 g/mol. The van der Waals surface area contributed by atoms with Crippen molar-refractivity contribution < 1.29 is 4.39 Å². The summed E-state index contributed by atoms with van der Waals surface area (Å²) < 4.78 is 13.9. The van der Waals surface area contributed by atoms with E-state index in [0.717, 1.165) is 22.3 Å². The maximum absolute atomic E-state index is 13.9. The van der Waals surface area contributed by atoms with Gasteiger partial charge in [0.25, 0.3) is 0 Å². The topological polar surface area (TPSA) is 28.5 Å². The van der Waals surface area contributed by atoms with Crippen LogP contribution in [0.2, 0.25) is 0 Å². The van der Waals surface area contributed by atoms with Gasteiger partial charge in [-0.2, -0.15) is 0 Å². The van der Waals surface area contributed by atoms with E-state index in [1.165, 1.54) is 6.07 Å². The molecule has 3 nitrogen and oxygen atoms in total. The number of anilines is 2. The number of hydrogen-bond donors (Lipinski definition) is 0. The number of pyridine rings is 1. The van der Waals surface area contributed by atoms with Gasteiger partial charge in [0.15, 0.2) is 0 Å². The Kier molecular flexibility index (Phi) is 2.94. The molecule has 0 saturated carbocycles. The van der Waals surface area contributed by atoms with Crippen LogP contribution in [-0.2, 0) is 0 Å². The number of halogens is 1. The standard InChI is InChI=1S/C19H16FN3/c1-19(2)22-11-14-6-3-4-9-17(14)23(19)15-10-13-7-5-8-16(20)18(13)21-12-15/h3-12H,1-2H3. The zero-order valence-corrected chi connectivity index (χ0v) is 13.0. The lowest BCUT2D eigenvalue weighted by Gasteiger charge is -2.40. The van der Waals surface area contributed by atoms with Gasteiger partial charge in [-0.1, -0.05) is 30.3 Å². The Bertz CT molecular complexity index is 931. The van der Waals surface area contributed by atoms with Crippen LogP contribution < -0.4 is 4.90 Å². The maximum Gasteiger partial charge on any atom is 0.149 e. The average Bonchev–Trinajstić information content (AvgIpc) is 2.54. The minimum absolute atomic E-state index is 0.301. The number of para-hydroxylation sites is 2. The van der Waals surface area contributed by atoms with E-state index >= 15 is 0 Å². The molecule has 2 heterocycles. The molecule has 114 valence electrons. The van der Waals surface area contributed by atoms with Gasteiger partial charge in [0.2, 0.25) is 0 Å². The van der Waals surface area contributed by atoms with Crippen LogP contribution in [-0.4, -0.2) is 16.9 Å². The Morgan fingerprint density at radius 3 is 2.74 bits per heavy atom. The number of rotatable bonds is 1. The van der Waals surface area contributed by atoms with E-state index in [1.54, 1.807) is 12.3 Å². The Hall–Kier alpha value is -2.75. The molecule has 0 amide bonds. The summed E-state index contributed by atoms with van der Waals surface area (Å²) in [7, 11) is 0. The second kappa shape index (κ2) is 4.88. The molecule has 1 aromatic heterocycles. The van der Waals surface area contributed by atoms with Gasteiger partial charge in [-0.05, 0) is 32.0 Å². The van der Waals surface area contributed by atoms with Gasteiger partial charge < -0.3 is 4.90 Å². The average molecular weight is 305 g/mol. The fourth-order valence-electron chi connectivity index (χ4n) is 3.07. The second-order valence-electron chi connectivity index (χ2n) is 6.15. The predicted octanol–water partition coefficient (Wildman–Crippen LogP) is 4.68. The van der Waals surface area contributed by atoms with Crippen LogP contribution in [0.5, 0.6) is 0 Å². The van der Waals surface area contributed by atoms with Gasteiger partial charge in [0, 0.05) is 17.2 Å². The normalized spacial score (nSPS) is 15.7. The summed E-state index contributed by atoms with van der Waals surface area (Å²) in [4.78, 5) is 11.1. The molecule has 0 N–H and O–H groups in total. The van der Waals surface area contributed by atoms with Gasteiger partial charge in [0.05, 0.1) is 17.6 Å². The molecule has 4 rings (SSSR count). The largest absolute Gasteiger partial charge is 0.315 e. The number of nitrogens with zero attached hydrogens (tertiary/aromatic N) is 3. The van der Waals surface area contributed by atoms with Gasteiger partial charge in [-0.15, -0.1) is 0 Å². The fourth-order valence-corrected chi connectivity index (χ4v) is 3.07. The SMILES string of the molecule is CC1(C)N=Cc2ccccc2N1c1cnc2c(F)cccc2c1. The molecule has 0 unspecified atom stereocenters. The molecule has 0 aliphatic carbocycles. The third-order valence-electron chi connectivity index (χ3n) is 4.15. The van der Waals surface area contributed by atoms with Crippen LogP contribution in [0.15, 0.2) is 59.7 Å². The third kappa shape index (κ3) is 2.18. The van der Waals surface area contributed by atoms with Crippen molar-refractivity contribution in [3.05, 3.63) is 66.1 Å². The Balaban J connectivity index is 1.93. The van der Waals surface area contributed by atoms with Crippen molar-refractivity contribution in [2.75, 3.05) is 4.90 Å². The molecule has 2 aromatic carbocycles. The molecule has 0 atom stereocenters. The van der Waals surface area contributed by atoms with E-state index in [2.05, 4.69) is 34.8 Å². The number of aliphatic imine (C=N–C) groups is 1. The fraction of sp³-hybridized carbons (Fsp3) is 0.158. The summed E-state index contributed by atoms with van der Waals surface area (Å²) in [6, 6.07) is 15.1. The van der Waals surface area contributed by atoms with E-state index in [4.69, 9.17) is 0 Å². The van der Waals surface area contributed by atoms with E-state index in [9.17, 15) is 4.39 Å². The highest BCUT2D eigenvalue weighted by Crippen LogP contribution is 2.39. The number of benzene rings is 2. The molecule has 4 heteroatoms. The van der Waals surface area contributed by atoms with Crippen LogP contribution in [0, 0.1) is 5.82 Å². The van der Waals surface area contributed by atoms with Crippen molar-refractivity contribution in [2.45, 2.75) is 19.5 Å². The predicted molar refractivity (Wildman–Crippen MR) is 92.0 cm³/mol. The number of hydrogen-bond acceptors (Lipinski definition) is 3. The van der Waals surface area contributed by atoms with Crippen LogP contribution in [0.1, 0.15) is 19.4 Å². The molecule has 0 bridgehead atoms. The summed E-state index contributed by atoms with van der Waals surface area (Å²) in [6.07, 6.45) is 3.62. The van der Waals surface area contributed by atoms with Crippen molar-refractivity contribution in [3.63, 3.8) is 0 Å². The van der Waals surface area contributed by atoms with Gasteiger partial charge in [-0.3, -0.25) is 9.98 Å². The highest BCUT2D eigenvalue weighted by molar-refractivity contribution is 5.94. The monoisotopic (exact) mass is 305 g/mol. The molecule has 1 aliphatic heterocycles. The minimum Gasteiger partial charge on any atom is -0.315 e. The summed E-state index contributed by atoms with van der Waals surface area (Å²) in [6.45, 7) is 4.10. The zero-order valence-electron chi connectivity index (χ0n) is 13.0. The van der Waals surface area contributed by atoms with Crippen LogP contribution in [0.3, 0.4) is 0 Å². The Morgan fingerprint density at radius 2 is 1.87 bits per heavy atom. The first-order chi connectivity index (χ1) is 11.1. The maximum atomic E-state index is 13.9. The quantitative estimate of drug-likeness (QED) is 0.653. The molecule has 0 fully saturated rings. The first-order valence-corrected chi connectivity index (χ1v) is 7.55. The number of fused-ring (bicyclic) bond motifs is 2. The molecule has 0 spiro atoms. The third-order valence-corrected chi connectivity index (χ3v) is 4.15. The lowest BCUT2D eigenvalue weighted by molar-refractivity contribution is 0.530. The molecule has 23 heavy (non-hydrogen) atoms. The minimum atomic E-state index is -0.433. The smallest absolute Gasteiger partial charge is 0.149 e. The lowest BCUT2D eigenvalue weighted by Crippen LogP contribution is -2.41. The van der Waals surface area contributed by atoms with E-state index in [1.807, 2.05) is 36.5 Å². The molecular formula is C19H16FN3. The Morgan fingerprint density at radius 1 is 1.04 bits per heavy atom. The number of aromatic nitrogens is 1. The highest BCUT2D eigenvalue weighted by Gasteiger charge is 2.31. The van der Waals surface area contributed by atoms with Crippen molar-refractivity contribution in [3.8, 4) is 0 Å². The van der Waals surface area contributed by atoms with E-state index in [0.29, 0.717) is 5.52 Å². The van der Waals surface area contributed by atoms with Crippen molar-refractivity contribution >= 4 is 28.5 Å². The summed E-state index contributed by atoms with van der Waals surface area (Å²) in [5.41, 5.74) is 2.99. The second-order valence-corrected chi connectivity index (χ2v) is 6.15. The summed E-state index contributed by atoms with van der Waals surface area (Å²) in [5.74, 6) is -0.301. The molecule has 0 saturated heterocycles. The van der Waals surface area contributed by atoms with Crippen molar-refractivity contribution in [1.82, 2.24) is 4.98 Å². The molecule has 0 radical (unpaired) electrons. The van der Waals surface area contributed by atoms with Crippen LogP contribution >= 0.6 is 0 Å². The van der Waals surface area contributed by atoms with Crippen LogP contribution in [0.4, 0.5) is 15.8 Å². The summed E-state index contributed by atoms with van der Waals surface area (Å²) >= 11 is 0. The van der Waals surface area contributed by atoms with E-state index < -0.39 is 5.66 Å². The summed E-state index contributed by atoms with van der Waals surface area (Å²) in [5, 5.41) is 0.783. The van der Waals surface area contributed by atoms with Gasteiger partial charge in [0.1, 0.15) is 17.0 Å². The van der Waals surface area contributed by atoms with Gasteiger partial charge in [-0.25, -0.2) is 4.39 Å².